The molecule has 2 heteroatoms. The van der Waals surface area contributed by atoms with Crippen molar-refractivity contribution in [2.75, 3.05) is 12.4 Å². The fraction of sp³-hybridized carbons (Fsp3) is 1.00. The van der Waals surface area contributed by atoms with Crippen molar-refractivity contribution in [2.45, 2.75) is 59.0 Å². The van der Waals surface area contributed by atoms with Gasteiger partial charge in [0.05, 0.1) is 12.7 Å². The lowest BCUT2D eigenvalue weighted by molar-refractivity contribution is -0.0406. The van der Waals surface area contributed by atoms with E-state index in [0.717, 1.165) is 18.3 Å². The second kappa shape index (κ2) is 6.15. The molecule has 15 heavy (non-hydrogen) atoms. The molecule has 1 aliphatic carbocycles. The molecule has 0 aromatic rings. The summed E-state index contributed by atoms with van der Waals surface area (Å²) in [5.41, 5.74) is 0.221. The van der Waals surface area contributed by atoms with Crippen LogP contribution in [-0.2, 0) is 4.74 Å². The molecule has 0 aliphatic heterocycles. The maximum absolute atomic E-state index is 6.09. The van der Waals surface area contributed by atoms with Crippen molar-refractivity contribution < 1.29 is 4.74 Å². The van der Waals surface area contributed by atoms with Crippen LogP contribution in [0, 0.1) is 11.3 Å². The van der Waals surface area contributed by atoms with E-state index in [-0.39, 0.29) is 5.41 Å². The highest BCUT2D eigenvalue weighted by molar-refractivity contribution is 7.80. The first kappa shape index (κ1) is 13.4. The van der Waals surface area contributed by atoms with E-state index in [2.05, 4.69) is 33.4 Å². The summed E-state index contributed by atoms with van der Waals surface area (Å²) in [4.78, 5) is 0. The Morgan fingerprint density at radius 3 is 2.53 bits per heavy atom. The second-order valence-electron chi connectivity index (χ2n) is 5.62. The van der Waals surface area contributed by atoms with Crippen molar-refractivity contribution in [1.82, 2.24) is 0 Å². The monoisotopic (exact) mass is 230 g/mol. The van der Waals surface area contributed by atoms with Gasteiger partial charge in [-0.2, -0.15) is 12.6 Å². The quantitative estimate of drug-likeness (QED) is 0.704. The second-order valence-corrected chi connectivity index (χ2v) is 5.94. The highest BCUT2D eigenvalue weighted by atomic mass is 32.1. The zero-order valence-electron chi connectivity index (χ0n) is 10.5. The number of ether oxygens (including phenoxy) is 1. The van der Waals surface area contributed by atoms with Gasteiger partial charge in [-0.1, -0.05) is 40.0 Å². The van der Waals surface area contributed by atoms with Crippen LogP contribution in [0.4, 0.5) is 0 Å². The van der Waals surface area contributed by atoms with Gasteiger partial charge in [0.25, 0.3) is 0 Å². The Morgan fingerprint density at radius 2 is 1.93 bits per heavy atom. The van der Waals surface area contributed by atoms with Gasteiger partial charge in [-0.05, 0) is 29.9 Å². The smallest absolute Gasteiger partial charge is 0.0603 e. The highest BCUT2D eigenvalue weighted by Crippen LogP contribution is 2.30. The lowest BCUT2D eigenvalue weighted by Gasteiger charge is -2.33. The minimum absolute atomic E-state index is 0.221. The van der Waals surface area contributed by atoms with Crippen LogP contribution in [0.1, 0.15) is 52.9 Å². The molecule has 1 rings (SSSR count). The van der Waals surface area contributed by atoms with E-state index in [1.807, 2.05) is 0 Å². The van der Waals surface area contributed by atoms with E-state index in [0.29, 0.717) is 6.10 Å². The van der Waals surface area contributed by atoms with Gasteiger partial charge >= 0.3 is 0 Å². The number of thiol groups is 1. The molecule has 1 fully saturated rings. The molecule has 0 N–H and O–H groups in total. The van der Waals surface area contributed by atoms with Crippen LogP contribution in [0.3, 0.4) is 0 Å². The Labute approximate surface area is 100 Å². The first-order valence-corrected chi connectivity index (χ1v) is 6.95. The average Bonchev–Trinajstić information content (AvgIpc) is 2.27. The predicted molar refractivity (Wildman–Crippen MR) is 69.6 cm³/mol. The topological polar surface area (TPSA) is 9.23 Å². The van der Waals surface area contributed by atoms with Crippen molar-refractivity contribution in [3.63, 3.8) is 0 Å². The van der Waals surface area contributed by atoms with Crippen LogP contribution in [0.15, 0.2) is 0 Å². The van der Waals surface area contributed by atoms with Gasteiger partial charge < -0.3 is 4.74 Å². The molecule has 0 amide bonds. The molecule has 2 atom stereocenters. The zero-order chi connectivity index (χ0) is 11.3. The van der Waals surface area contributed by atoms with Crippen molar-refractivity contribution in [2.24, 2.45) is 11.3 Å². The van der Waals surface area contributed by atoms with E-state index < -0.39 is 0 Å². The third kappa shape index (κ3) is 4.36. The van der Waals surface area contributed by atoms with Crippen molar-refractivity contribution >= 4 is 12.6 Å². The van der Waals surface area contributed by atoms with Gasteiger partial charge in [-0.15, -0.1) is 0 Å². The van der Waals surface area contributed by atoms with Gasteiger partial charge in [0.1, 0.15) is 0 Å². The number of hydrogen-bond donors (Lipinski definition) is 1. The molecule has 1 nitrogen and oxygen atoms in total. The van der Waals surface area contributed by atoms with Crippen LogP contribution in [0.25, 0.3) is 0 Å². The molecule has 1 aliphatic rings. The lowest BCUT2D eigenvalue weighted by atomic mass is 9.84. The van der Waals surface area contributed by atoms with Crippen LogP contribution >= 0.6 is 12.6 Å². The summed E-state index contributed by atoms with van der Waals surface area (Å²) >= 11 is 4.36. The molecule has 0 radical (unpaired) electrons. The summed E-state index contributed by atoms with van der Waals surface area (Å²) < 4.78 is 6.09. The minimum Gasteiger partial charge on any atom is -0.377 e. The van der Waals surface area contributed by atoms with Gasteiger partial charge in [0, 0.05) is 0 Å². The molecule has 0 saturated heterocycles. The highest BCUT2D eigenvalue weighted by Gasteiger charge is 2.26. The zero-order valence-corrected chi connectivity index (χ0v) is 11.4. The van der Waals surface area contributed by atoms with Crippen molar-refractivity contribution in [3.8, 4) is 0 Å². The van der Waals surface area contributed by atoms with Gasteiger partial charge in [0.2, 0.25) is 0 Å². The summed E-state index contributed by atoms with van der Waals surface area (Å²) in [5, 5.41) is 0. The summed E-state index contributed by atoms with van der Waals surface area (Å²) in [5.74, 6) is 1.70. The third-order valence-electron chi connectivity index (χ3n) is 3.48. The lowest BCUT2D eigenvalue weighted by Crippen LogP contribution is -2.32. The van der Waals surface area contributed by atoms with Gasteiger partial charge in [-0.3, -0.25) is 0 Å². The molecule has 2 unspecified atom stereocenters. The van der Waals surface area contributed by atoms with E-state index in [1.165, 1.54) is 32.1 Å². The summed E-state index contributed by atoms with van der Waals surface area (Å²) in [7, 11) is 0. The molecule has 0 heterocycles. The summed E-state index contributed by atoms with van der Waals surface area (Å²) in [6, 6.07) is 0. The molecule has 0 aromatic heterocycles. The molecule has 0 spiro atoms. The first-order chi connectivity index (χ1) is 7.09. The van der Waals surface area contributed by atoms with E-state index in [9.17, 15) is 0 Å². The van der Waals surface area contributed by atoms with Crippen LogP contribution < -0.4 is 0 Å². The van der Waals surface area contributed by atoms with Crippen molar-refractivity contribution in [3.05, 3.63) is 0 Å². The Morgan fingerprint density at radius 1 is 1.27 bits per heavy atom. The fourth-order valence-electron chi connectivity index (χ4n) is 2.24. The Hall–Kier alpha value is 0.310. The van der Waals surface area contributed by atoms with Crippen LogP contribution in [0.2, 0.25) is 0 Å². The molecule has 90 valence electrons. The summed E-state index contributed by atoms with van der Waals surface area (Å²) in [6.07, 6.45) is 7.16. The fourth-order valence-corrected chi connectivity index (χ4v) is 2.33. The molecular weight excluding hydrogens is 204 g/mol. The van der Waals surface area contributed by atoms with E-state index >= 15 is 0 Å². The normalized spacial score (nSPS) is 28.0. The largest absolute Gasteiger partial charge is 0.377 e. The predicted octanol–water partition coefficient (Wildman–Crippen LogP) is 3.93. The first-order valence-electron chi connectivity index (χ1n) is 6.31. The Kier molecular flexibility index (Phi) is 5.48. The number of hydrogen-bond acceptors (Lipinski definition) is 2. The standard InChI is InChI=1S/C13H26OS/c1-4-11-7-5-6-8-12(11)14-9-13(2,3)10-15/h11-12,15H,4-10H2,1-3H3. The average molecular weight is 230 g/mol. The summed E-state index contributed by atoms with van der Waals surface area (Å²) in [6.45, 7) is 7.60. The molecular formula is C13H26OS. The SMILES string of the molecule is CCC1CCCCC1OCC(C)(C)CS. The Balaban J connectivity index is 2.35. The van der Waals surface area contributed by atoms with E-state index in [4.69, 9.17) is 4.74 Å². The molecule has 0 aromatic carbocycles. The van der Waals surface area contributed by atoms with Crippen LogP contribution in [-0.4, -0.2) is 18.5 Å². The maximum atomic E-state index is 6.09. The van der Waals surface area contributed by atoms with Gasteiger partial charge in [-0.25, -0.2) is 0 Å². The molecule has 1 saturated carbocycles. The minimum atomic E-state index is 0.221. The van der Waals surface area contributed by atoms with Gasteiger partial charge in [0.15, 0.2) is 0 Å². The van der Waals surface area contributed by atoms with Crippen molar-refractivity contribution in [1.29, 1.82) is 0 Å². The maximum Gasteiger partial charge on any atom is 0.0603 e. The molecule has 0 bridgehead atoms. The Bertz CT molecular complexity index is 179. The number of rotatable bonds is 5. The van der Waals surface area contributed by atoms with Crippen LogP contribution in [0.5, 0.6) is 0 Å². The third-order valence-corrected chi connectivity index (χ3v) is 4.34. The van der Waals surface area contributed by atoms with E-state index in [1.54, 1.807) is 0 Å².